The Kier molecular flexibility index (Phi) is 7.78. The van der Waals surface area contributed by atoms with E-state index in [4.69, 9.17) is 0 Å². The van der Waals surface area contributed by atoms with E-state index in [0.717, 1.165) is 13.1 Å². The predicted molar refractivity (Wildman–Crippen MR) is 92.0 cm³/mol. The molecular weight excluding hydrogens is 312 g/mol. The molecule has 0 spiro atoms. The fourth-order valence-electron chi connectivity index (χ4n) is 2.21. The van der Waals surface area contributed by atoms with Crippen LogP contribution in [0.4, 0.5) is 0 Å². The summed E-state index contributed by atoms with van der Waals surface area (Å²) in [5.74, 6) is 0. The second kappa shape index (κ2) is 8.81. The number of hydrogen-bond donors (Lipinski definition) is 1. The van der Waals surface area contributed by atoms with E-state index in [-0.39, 0.29) is 0 Å². The van der Waals surface area contributed by atoms with Crippen LogP contribution in [0.25, 0.3) is 0 Å². The Hall–Kier alpha value is -0.380. The van der Waals surface area contributed by atoms with E-state index < -0.39 is 0 Å². The highest BCUT2D eigenvalue weighted by Gasteiger charge is 2.10. The molecule has 20 heavy (non-hydrogen) atoms. The minimum absolute atomic E-state index is 0.523. The maximum absolute atomic E-state index is 3.72. The summed E-state index contributed by atoms with van der Waals surface area (Å²) in [5.41, 5.74) is 2.70. The molecule has 0 aliphatic rings. The fourth-order valence-corrected chi connectivity index (χ4v) is 2.77. The molecule has 1 unspecified atom stereocenters. The normalized spacial score (nSPS) is 13.2. The lowest BCUT2D eigenvalue weighted by molar-refractivity contribution is 0.236. The van der Waals surface area contributed by atoms with Gasteiger partial charge < -0.3 is 5.32 Å². The minimum atomic E-state index is 0.523. The number of halogens is 1. The topological polar surface area (TPSA) is 15.3 Å². The van der Waals surface area contributed by atoms with Crippen LogP contribution in [-0.4, -0.2) is 24.0 Å². The lowest BCUT2D eigenvalue weighted by Crippen LogP contribution is -2.28. The summed E-state index contributed by atoms with van der Waals surface area (Å²) < 4.78 is 1.22. The molecule has 0 radical (unpaired) electrons. The van der Waals surface area contributed by atoms with Crippen molar-refractivity contribution in [2.45, 2.75) is 65.7 Å². The molecule has 1 aromatic rings. The van der Waals surface area contributed by atoms with Crippen molar-refractivity contribution in [3.63, 3.8) is 0 Å². The maximum Gasteiger partial charge on any atom is 0.0244 e. The van der Waals surface area contributed by atoms with Gasteiger partial charge in [0, 0.05) is 29.6 Å². The second-order valence-electron chi connectivity index (χ2n) is 6.01. The zero-order chi connectivity index (χ0) is 15.1. The number of nitrogens with one attached hydrogen (secondary N) is 1. The third kappa shape index (κ3) is 5.94. The molecule has 0 fully saturated rings. The average molecular weight is 341 g/mol. The monoisotopic (exact) mass is 340 g/mol. The molecule has 1 aromatic carbocycles. The van der Waals surface area contributed by atoms with Crippen molar-refractivity contribution in [3.8, 4) is 0 Å². The van der Waals surface area contributed by atoms with Crippen LogP contribution in [0.5, 0.6) is 0 Å². The minimum Gasteiger partial charge on any atom is -0.310 e. The van der Waals surface area contributed by atoms with Gasteiger partial charge in [0.15, 0.2) is 0 Å². The van der Waals surface area contributed by atoms with Crippen molar-refractivity contribution in [1.29, 1.82) is 0 Å². The second-order valence-corrected chi connectivity index (χ2v) is 6.87. The van der Waals surface area contributed by atoms with E-state index in [0.29, 0.717) is 12.1 Å². The molecule has 0 heterocycles. The molecular formula is C17H29BrN2. The molecule has 0 amide bonds. The van der Waals surface area contributed by atoms with E-state index >= 15 is 0 Å². The van der Waals surface area contributed by atoms with Gasteiger partial charge in [-0.2, -0.15) is 0 Å². The van der Waals surface area contributed by atoms with Gasteiger partial charge in [-0.25, -0.2) is 0 Å². The van der Waals surface area contributed by atoms with Gasteiger partial charge in [-0.1, -0.05) is 55.3 Å². The molecule has 1 N–H and O–H groups in total. The lowest BCUT2D eigenvalue weighted by Gasteiger charge is -2.25. The Labute approximate surface area is 133 Å². The van der Waals surface area contributed by atoms with Crippen LogP contribution in [0, 0.1) is 0 Å². The van der Waals surface area contributed by atoms with Gasteiger partial charge in [0.1, 0.15) is 0 Å². The summed E-state index contributed by atoms with van der Waals surface area (Å²) in [6.45, 7) is 10.8. The Morgan fingerprint density at radius 3 is 2.50 bits per heavy atom. The highest BCUT2D eigenvalue weighted by Crippen LogP contribution is 2.21. The van der Waals surface area contributed by atoms with Crippen LogP contribution in [0.2, 0.25) is 0 Å². The summed E-state index contributed by atoms with van der Waals surface area (Å²) in [4.78, 5) is 2.43. The van der Waals surface area contributed by atoms with Gasteiger partial charge in [-0.3, -0.25) is 4.90 Å². The number of rotatable bonds is 8. The summed E-state index contributed by atoms with van der Waals surface area (Å²) in [6, 6.07) is 7.87. The molecule has 1 atom stereocenters. The van der Waals surface area contributed by atoms with Crippen LogP contribution in [-0.2, 0) is 13.1 Å². The van der Waals surface area contributed by atoms with Gasteiger partial charge in [0.05, 0.1) is 0 Å². The largest absolute Gasteiger partial charge is 0.310 e. The summed E-state index contributed by atoms with van der Waals surface area (Å²) in [5, 5.41) is 3.45. The standard InChI is InChI=1S/C17H29BrN2/c1-6-7-14(4)20(5)12-16-9-8-15(10-17(16)18)11-19-13(2)3/h8-10,13-14,19H,6-7,11-12H2,1-5H3. The van der Waals surface area contributed by atoms with Crippen molar-refractivity contribution in [2.75, 3.05) is 7.05 Å². The molecule has 1 rings (SSSR count). The lowest BCUT2D eigenvalue weighted by atomic mass is 10.1. The zero-order valence-corrected chi connectivity index (χ0v) is 15.1. The molecule has 0 aromatic heterocycles. The van der Waals surface area contributed by atoms with Crippen LogP contribution in [0.3, 0.4) is 0 Å². The van der Waals surface area contributed by atoms with Gasteiger partial charge in [-0.05, 0) is 37.6 Å². The number of hydrogen-bond acceptors (Lipinski definition) is 2. The molecule has 2 nitrogen and oxygen atoms in total. The molecule has 0 bridgehead atoms. The smallest absolute Gasteiger partial charge is 0.0244 e. The van der Waals surface area contributed by atoms with Crippen molar-refractivity contribution in [3.05, 3.63) is 33.8 Å². The molecule has 0 aliphatic carbocycles. The predicted octanol–water partition coefficient (Wildman–Crippen LogP) is 4.57. The van der Waals surface area contributed by atoms with E-state index in [1.54, 1.807) is 0 Å². The van der Waals surface area contributed by atoms with E-state index in [1.807, 2.05) is 0 Å². The molecule has 0 saturated carbocycles. The summed E-state index contributed by atoms with van der Waals surface area (Å²) in [7, 11) is 2.21. The Balaban J connectivity index is 2.63. The SMILES string of the molecule is CCCC(C)N(C)Cc1ccc(CNC(C)C)cc1Br. The van der Waals surface area contributed by atoms with Crippen molar-refractivity contribution in [1.82, 2.24) is 10.2 Å². The Morgan fingerprint density at radius 2 is 1.95 bits per heavy atom. The third-order valence-electron chi connectivity index (χ3n) is 3.71. The van der Waals surface area contributed by atoms with Crippen LogP contribution >= 0.6 is 15.9 Å². The van der Waals surface area contributed by atoms with Crippen molar-refractivity contribution >= 4 is 15.9 Å². The van der Waals surface area contributed by atoms with E-state index in [9.17, 15) is 0 Å². The Bertz CT molecular complexity index is 404. The molecule has 0 aliphatic heterocycles. The van der Waals surface area contributed by atoms with E-state index in [2.05, 4.69) is 79.1 Å². The molecule has 3 heteroatoms. The quantitative estimate of drug-likeness (QED) is 0.745. The van der Waals surface area contributed by atoms with Crippen LogP contribution in [0.15, 0.2) is 22.7 Å². The fraction of sp³-hybridized carbons (Fsp3) is 0.647. The van der Waals surface area contributed by atoms with Gasteiger partial charge in [0.2, 0.25) is 0 Å². The first-order valence-electron chi connectivity index (χ1n) is 7.65. The first kappa shape index (κ1) is 17.7. The first-order valence-corrected chi connectivity index (χ1v) is 8.44. The van der Waals surface area contributed by atoms with Crippen molar-refractivity contribution < 1.29 is 0 Å². The highest BCUT2D eigenvalue weighted by molar-refractivity contribution is 9.10. The summed E-state index contributed by atoms with van der Waals surface area (Å²) >= 11 is 3.72. The zero-order valence-electron chi connectivity index (χ0n) is 13.5. The van der Waals surface area contributed by atoms with Gasteiger partial charge >= 0.3 is 0 Å². The highest BCUT2D eigenvalue weighted by atomic mass is 79.9. The molecule has 0 saturated heterocycles. The van der Waals surface area contributed by atoms with Crippen LogP contribution in [0.1, 0.15) is 51.7 Å². The Morgan fingerprint density at radius 1 is 1.25 bits per heavy atom. The summed E-state index contributed by atoms with van der Waals surface area (Å²) in [6.07, 6.45) is 2.50. The first-order chi connectivity index (χ1) is 9.43. The van der Waals surface area contributed by atoms with Crippen LogP contribution < -0.4 is 5.32 Å². The van der Waals surface area contributed by atoms with Crippen molar-refractivity contribution in [2.24, 2.45) is 0 Å². The number of benzene rings is 1. The maximum atomic E-state index is 3.72. The average Bonchev–Trinajstić information content (AvgIpc) is 2.39. The number of nitrogens with zero attached hydrogens (tertiary/aromatic N) is 1. The van der Waals surface area contributed by atoms with Gasteiger partial charge in [0.25, 0.3) is 0 Å². The third-order valence-corrected chi connectivity index (χ3v) is 4.45. The van der Waals surface area contributed by atoms with E-state index in [1.165, 1.54) is 28.4 Å². The molecule has 114 valence electrons. The van der Waals surface area contributed by atoms with Gasteiger partial charge in [-0.15, -0.1) is 0 Å².